The lowest BCUT2D eigenvalue weighted by Crippen LogP contribution is -2.11. The zero-order valence-electron chi connectivity index (χ0n) is 5.74. The number of nitrogens with zero attached hydrogens (tertiary/aromatic N) is 1. The Bertz CT molecular complexity index is 220. The van der Waals surface area contributed by atoms with Crippen molar-refractivity contribution in [2.24, 2.45) is 0 Å². The predicted octanol–water partition coefficient (Wildman–Crippen LogP) is 0.224. The molecule has 0 unspecified atom stereocenters. The SMILES string of the molecule is CCOn1ccc(O)c1N. The van der Waals surface area contributed by atoms with Crippen molar-refractivity contribution >= 4 is 5.82 Å². The van der Waals surface area contributed by atoms with Gasteiger partial charge in [-0.3, -0.25) is 0 Å². The Kier molecular flexibility index (Phi) is 1.71. The summed E-state index contributed by atoms with van der Waals surface area (Å²) < 4.78 is 1.33. The third kappa shape index (κ3) is 1.00. The fourth-order valence-electron chi connectivity index (χ4n) is 0.669. The van der Waals surface area contributed by atoms with E-state index in [9.17, 15) is 0 Å². The summed E-state index contributed by atoms with van der Waals surface area (Å²) in [4.78, 5) is 4.99. The molecular weight excluding hydrogens is 132 g/mol. The van der Waals surface area contributed by atoms with Gasteiger partial charge in [0, 0.05) is 12.3 Å². The molecule has 1 aromatic rings. The van der Waals surface area contributed by atoms with Crippen molar-refractivity contribution in [1.82, 2.24) is 4.73 Å². The highest BCUT2D eigenvalue weighted by atomic mass is 16.7. The summed E-state index contributed by atoms with van der Waals surface area (Å²) >= 11 is 0. The maximum Gasteiger partial charge on any atom is 0.181 e. The molecule has 1 aromatic heterocycles. The van der Waals surface area contributed by atoms with E-state index in [-0.39, 0.29) is 11.6 Å². The Balaban J connectivity index is 2.83. The van der Waals surface area contributed by atoms with Gasteiger partial charge < -0.3 is 15.7 Å². The molecule has 0 aliphatic rings. The Morgan fingerprint density at radius 2 is 2.50 bits per heavy atom. The highest BCUT2D eigenvalue weighted by Crippen LogP contribution is 2.18. The summed E-state index contributed by atoms with van der Waals surface area (Å²) in [7, 11) is 0. The van der Waals surface area contributed by atoms with Crippen molar-refractivity contribution in [3.8, 4) is 5.75 Å². The fourth-order valence-corrected chi connectivity index (χ4v) is 0.669. The van der Waals surface area contributed by atoms with Gasteiger partial charge in [-0.25, -0.2) is 0 Å². The van der Waals surface area contributed by atoms with Crippen LogP contribution in [0.4, 0.5) is 5.82 Å². The Labute approximate surface area is 58.8 Å². The zero-order chi connectivity index (χ0) is 7.56. The van der Waals surface area contributed by atoms with E-state index in [0.29, 0.717) is 6.61 Å². The van der Waals surface area contributed by atoms with Crippen molar-refractivity contribution in [3.05, 3.63) is 12.3 Å². The van der Waals surface area contributed by atoms with Gasteiger partial charge in [-0.05, 0) is 6.92 Å². The van der Waals surface area contributed by atoms with Gasteiger partial charge in [0.1, 0.15) is 6.61 Å². The van der Waals surface area contributed by atoms with Crippen molar-refractivity contribution < 1.29 is 9.94 Å². The van der Waals surface area contributed by atoms with Crippen LogP contribution in [-0.2, 0) is 0 Å². The number of aromatic nitrogens is 1. The van der Waals surface area contributed by atoms with E-state index < -0.39 is 0 Å². The van der Waals surface area contributed by atoms with Crippen LogP contribution in [0.5, 0.6) is 5.75 Å². The molecule has 10 heavy (non-hydrogen) atoms. The van der Waals surface area contributed by atoms with Crippen LogP contribution in [0.25, 0.3) is 0 Å². The molecule has 0 saturated carbocycles. The van der Waals surface area contributed by atoms with Crippen LogP contribution in [-0.4, -0.2) is 16.4 Å². The first-order valence-corrected chi connectivity index (χ1v) is 3.04. The number of nitrogens with two attached hydrogens (primary N) is 1. The average Bonchev–Trinajstić information content (AvgIpc) is 2.20. The normalized spacial score (nSPS) is 9.70. The van der Waals surface area contributed by atoms with Gasteiger partial charge in [0.05, 0.1) is 0 Å². The molecule has 4 nitrogen and oxygen atoms in total. The van der Waals surface area contributed by atoms with E-state index in [1.807, 2.05) is 6.92 Å². The van der Waals surface area contributed by atoms with Crippen LogP contribution in [0.3, 0.4) is 0 Å². The third-order valence-electron chi connectivity index (χ3n) is 1.14. The Morgan fingerprint density at radius 1 is 1.80 bits per heavy atom. The molecule has 0 amide bonds. The number of aromatic hydroxyl groups is 1. The average molecular weight is 142 g/mol. The summed E-state index contributed by atoms with van der Waals surface area (Å²) in [5.74, 6) is 0.287. The molecule has 1 heterocycles. The molecule has 56 valence electrons. The van der Waals surface area contributed by atoms with E-state index in [1.54, 1.807) is 6.20 Å². The third-order valence-corrected chi connectivity index (χ3v) is 1.14. The van der Waals surface area contributed by atoms with Crippen LogP contribution < -0.4 is 10.6 Å². The molecule has 0 spiro atoms. The second-order valence-corrected chi connectivity index (χ2v) is 1.83. The minimum absolute atomic E-state index is 0.0495. The molecule has 0 fully saturated rings. The van der Waals surface area contributed by atoms with Gasteiger partial charge in [-0.2, -0.15) is 4.73 Å². The van der Waals surface area contributed by atoms with Crippen LogP contribution in [0.1, 0.15) is 6.92 Å². The standard InChI is InChI=1S/C6H10N2O2/c1-2-10-8-4-3-5(9)6(8)7/h3-4,9H,2,7H2,1H3. The van der Waals surface area contributed by atoms with Gasteiger partial charge in [-0.1, -0.05) is 0 Å². The highest BCUT2D eigenvalue weighted by Gasteiger charge is 2.01. The molecule has 0 atom stereocenters. The number of hydrogen-bond acceptors (Lipinski definition) is 3. The quantitative estimate of drug-likeness (QED) is 0.621. The maximum atomic E-state index is 8.94. The minimum atomic E-state index is 0.0495. The molecule has 0 aromatic carbocycles. The lowest BCUT2D eigenvalue weighted by Gasteiger charge is -2.04. The van der Waals surface area contributed by atoms with Crippen molar-refractivity contribution in [3.63, 3.8) is 0 Å². The largest absolute Gasteiger partial charge is 0.504 e. The predicted molar refractivity (Wildman–Crippen MR) is 37.6 cm³/mol. The van der Waals surface area contributed by atoms with Crippen LogP contribution in [0, 0.1) is 0 Å². The molecule has 0 aliphatic heterocycles. The van der Waals surface area contributed by atoms with Crippen LogP contribution in [0.2, 0.25) is 0 Å². The van der Waals surface area contributed by atoms with E-state index in [2.05, 4.69) is 0 Å². The topological polar surface area (TPSA) is 60.4 Å². The zero-order valence-corrected chi connectivity index (χ0v) is 5.74. The monoisotopic (exact) mass is 142 g/mol. The number of rotatable bonds is 2. The molecule has 0 saturated heterocycles. The summed E-state index contributed by atoms with van der Waals surface area (Å²) in [6.45, 7) is 2.37. The Hall–Kier alpha value is -1.32. The second-order valence-electron chi connectivity index (χ2n) is 1.83. The van der Waals surface area contributed by atoms with Crippen molar-refractivity contribution in [2.45, 2.75) is 6.92 Å². The van der Waals surface area contributed by atoms with Crippen LogP contribution in [0.15, 0.2) is 12.3 Å². The van der Waals surface area contributed by atoms with Crippen molar-refractivity contribution in [1.29, 1.82) is 0 Å². The molecule has 1 rings (SSSR count). The summed E-state index contributed by atoms with van der Waals surface area (Å²) in [5, 5.41) is 8.94. The number of anilines is 1. The van der Waals surface area contributed by atoms with Gasteiger partial charge in [0.2, 0.25) is 0 Å². The molecule has 3 N–H and O–H groups in total. The van der Waals surface area contributed by atoms with Gasteiger partial charge in [0.15, 0.2) is 11.6 Å². The summed E-state index contributed by atoms with van der Waals surface area (Å²) in [6.07, 6.45) is 1.56. The first-order valence-electron chi connectivity index (χ1n) is 3.04. The molecular formula is C6H10N2O2. The first kappa shape index (κ1) is 6.80. The van der Waals surface area contributed by atoms with Gasteiger partial charge in [-0.15, -0.1) is 0 Å². The number of nitrogen functional groups attached to an aromatic ring is 1. The van der Waals surface area contributed by atoms with E-state index in [4.69, 9.17) is 15.7 Å². The fraction of sp³-hybridized carbons (Fsp3) is 0.333. The van der Waals surface area contributed by atoms with Crippen molar-refractivity contribution in [2.75, 3.05) is 12.3 Å². The number of hydrogen-bond donors (Lipinski definition) is 2. The summed E-state index contributed by atoms with van der Waals surface area (Å²) in [6, 6.07) is 1.48. The van der Waals surface area contributed by atoms with E-state index >= 15 is 0 Å². The highest BCUT2D eigenvalue weighted by molar-refractivity contribution is 5.45. The van der Waals surface area contributed by atoms with Crippen LogP contribution >= 0.6 is 0 Å². The molecule has 4 heteroatoms. The molecule has 0 aliphatic carbocycles. The smallest absolute Gasteiger partial charge is 0.181 e. The molecule has 0 radical (unpaired) electrons. The molecule has 0 bridgehead atoms. The minimum Gasteiger partial charge on any atom is -0.504 e. The van der Waals surface area contributed by atoms with Gasteiger partial charge >= 0.3 is 0 Å². The van der Waals surface area contributed by atoms with E-state index in [0.717, 1.165) is 0 Å². The van der Waals surface area contributed by atoms with E-state index in [1.165, 1.54) is 10.8 Å². The second kappa shape index (κ2) is 2.51. The Morgan fingerprint density at radius 3 is 2.90 bits per heavy atom. The first-order chi connectivity index (χ1) is 4.75. The maximum absolute atomic E-state index is 8.94. The lowest BCUT2D eigenvalue weighted by molar-refractivity contribution is 0.127. The lowest BCUT2D eigenvalue weighted by atomic mass is 10.6. The summed E-state index contributed by atoms with van der Waals surface area (Å²) in [5.41, 5.74) is 5.38. The van der Waals surface area contributed by atoms with Gasteiger partial charge in [0.25, 0.3) is 0 Å².